The highest BCUT2D eigenvalue weighted by Gasteiger charge is 2.28. The van der Waals surface area contributed by atoms with Gasteiger partial charge in [-0.25, -0.2) is 13.1 Å². The number of amides is 1. The molecule has 0 aliphatic heterocycles. The van der Waals surface area contributed by atoms with Crippen LogP contribution in [-0.2, 0) is 10.0 Å². The Hall–Kier alpha value is -1.44. The van der Waals surface area contributed by atoms with Crippen molar-refractivity contribution in [2.75, 3.05) is 13.6 Å². The fourth-order valence-corrected chi connectivity index (χ4v) is 3.27. The second-order valence-electron chi connectivity index (χ2n) is 5.78. The number of nitrogens with one attached hydrogen (secondary N) is 1. The van der Waals surface area contributed by atoms with Crippen LogP contribution in [0.2, 0.25) is 0 Å². The topological polar surface area (TPSA) is 86.7 Å². The number of benzene rings is 1. The van der Waals surface area contributed by atoms with Gasteiger partial charge in [-0.2, -0.15) is 0 Å². The van der Waals surface area contributed by atoms with Gasteiger partial charge in [0.2, 0.25) is 10.0 Å². The van der Waals surface area contributed by atoms with Crippen LogP contribution in [0.1, 0.15) is 36.5 Å². The number of sulfonamides is 1. The molecule has 1 atom stereocenters. The lowest BCUT2D eigenvalue weighted by molar-refractivity contribution is 0.0769. The van der Waals surface area contributed by atoms with E-state index in [0.29, 0.717) is 18.5 Å². The van der Waals surface area contributed by atoms with Gasteiger partial charge in [0, 0.05) is 25.2 Å². The molecule has 122 valence electrons. The number of aliphatic hydroxyl groups is 1. The van der Waals surface area contributed by atoms with Gasteiger partial charge in [0.15, 0.2) is 0 Å². The van der Waals surface area contributed by atoms with E-state index in [1.54, 1.807) is 14.0 Å². The van der Waals surface area contributed by atoms with Gasteiger partial charge in [-0.15, -0.1) is 0 Å². The monoisotopic (exact) mass is 326 g/mol. The summed E-state index contributed by atoms with van der Waals surface area (Å²) < 4.78 is 26.7. The van der Waals surface area contributed by atoms with E-state index in [9.17, 15) is 18.3 Å². The molecule has 7 heteroatoms. The van der Waals surface area contributed by atoms with E-state index < -0.39 is 16.1 Å². The van der Waals surface area contributed by atoms with E-state index in [4.69, 9.17) is 0 Å². The summed E-state index contributed by atoms with van der Waals surface area (Å²) in [6, 6.07) is 5.98. The van der Waals surface area contributed by atoms with E-state index >= 15 is 0 Å². The number of hydrogen-bond donors (Lipinski definition) is 2. The van der Waals surface area contributed by atoms with E-state index in [1.807, 2.05) is 0 Å². The first-order valence-corrected chi connectivity index (χ1v) is 8.84. The lowest BCUT2D eigenvalue weighted by atomic mass is 10.2. The molecule has 2 N–H and O–H groups in total. The minimum atomic E-state index is -3.49. The molecule has 0 saturated heterocycles. The Morgan fingerprint density at radius 1 is 1.36 bits per heavy atom. The van der Waals surface area contributed by atoms with E-state index in [-0.39, 0.29) is 16.8 Å². The highest BCUT2D eigenvalue weighted by molar-refractivity contribution is 7.89. The molecule has 1 aliphatic rings. The van der Waals surface area contributed by atoms with Crippen LogP contribution >= 0.6 is 0 Å². The van der Waals surface area contributed by atoms with Crippen molar-refractivity contribution in [3.05, 3.63) is 29.8 Å². The van der Waals surface area contributed by atoms with Crippen molar-refractivity contribution in [3.63, 3.8) is 0 Å². The van der Waals surface area contributed by atoms with Gasteiger partial charge in [0.25, 0.3) is 5.91 Å². The normalized spacial score (nSPS) is 16.3. The summed E-state index contributed by atoms with van der Waals surface area (Å²) in [6.45, 7) is 2.12. The molecular weight excluding hydrogens is 304 g/mol. The first kappa shape index (κ1) is 16.9. The first-order chi connectivity index (χ1) is 10.3. The van der Waals surface area contributed by atoms with Crippen LogP contribution in [0.3, 0.4) is 0 Å². The zero-order valence-electron chi connectivity index (χ0n) is 12.8. The maximum Gasteiger partial charge on any atom is 0.253 e. The fraction of sp³-hybridized carbons (Fsp3) is 0.533. The summed E-state index contributed by atoms with van der Waals surface area (Å²) in [6.07, 6.45) is 1.80. The molecule has 1 saturated carbocycles. The second-order valence-corrected chi connectivity index (χ2v) is 7.50. The van der Waals surface area contributed by atoms with Gasteiger partial charge in [-0.05, 0) is 50.5 Å². The van der Waals surface area contributed by atoms with Gasteiger partial charge >= 0.3 is 0 Å². The average Bonchev–Trinajstić information content (AvgIpc) is 3.27. The zero-order valence-corrected chi connectivity index (χ0v) is 13.6. The molecule has 1 fully saturated rings. The SMILES string of the molecule is CC(O)CCN(C)C(=O)c1ccc(S(=O)(=O)NC2CC2)cc1. The number of aliphatic hydroxyl groups excluding tert-OH is 1. The maximum absolute atomic E-state index is 12.2. The van der Waals surface area contributed by atoms with Crippen molar-refractivity contribution in [1.82, 2.24) is 9.62 Å². The molecule has 6 nitrogen and oxygen atoms in total. The molecule has 0 aromatic heterocycles. The predicted octanol–water partition coefficient (Wildman–Crippen LogP) is 0.970. The summed E-state index contributed by atoms with van der Waals surface area (Å²) in [5.74, 6) is -0.195. The Labute approximate surface area is 131 Å². The summed E-state index contributed by atoms with van der Waals surface area (Å²) in [5, 5.41) is 9.24. The quantitative estimate of drug-likeness (QED) is 0.782. The van der Waals surface area contributed by atoms with Crippen LogP contribution in [0.4, 0.5) is 0 Å². The van der Waals surface area contributed by atoms with Crippen LogP contribution in [0.5, 0.6) is 0 Å². The summed E-state index contributed by atoms with van der Waals surface area (Å²) in [4.78, 5) is 13.9. The van der Waals surface area contributed by atoms with Crippen LogP contribution in [0, 0.1) is 0 Å². The number of carbonyl (C=O) groups excluding carboxylic acids is 1. The number of nitrogens with zero attached hydrogens (tertiary/aromatic N) is 1. The summed E-state index contributed by atoms with van der Waals surface area (Å²) in [5.41, 5.74) is 0.429. The molecule has 1 amide bonds. The van der Waals surface area contributed by atoms with Crippen LogP contribution in [0.25, 0.3) is 0 Å². The molecule has 1 aromatic rings. The van der Waals surface area contributed by atoms with Crippen molar-refractivity contribution in [2.24, 2.45) is 0 Å². The highest BCUT2D eigenvalue weighted by atomic mass is 32.2. The molecule has 22 heavy (non-hydrogen) atoms. The largest absolute Gasteiger partial charge is 0.393 e. The van der Waals surface area contributed by atoms with E-state index in [1.165, 1.54) is 29.2 Å². The average molecular weight is 326 g/mol. The Bertz CT molecular complexity index is 621. The number of hydrogen-bond acceptors (Lipinski definition) is 4. The van der Waals surface area contributed by atoms with E-state index in [2.05, 4.69) is 4.72 Å². The van der Waals surface area contributed by atoms with Crippen molar-refractivity contribution >= 4 is 15.9 Å². The second kappa shape index (κ2) is 6.76. The summed E-state index contributed by atoms with van der Waals surface area (Å²) in [7, 11) is -1.83. The lowest BCUT2D eigenvalue weighted by Crippen LogP contribution is -2.29. The number of rotatable bonds is 7. The van der Waals surface area contributed by atoms with Crippen molar-refractivity contribution in [3.8, 4) is 0 Å². The lowest BCUT2D eigenvalue weighted by Gasteiger charge is -2.18. The Kier molecular flexibility index (Phi) is 5.20. The van der Waals surface area contributed by atoms with Gasteiger partial charge < -0.3 is 10.0 Å². The molecule has 0 spiro atoms. The van der Waals surface area contributed by atoms with Gasteiger partial charge in [-0.3, -0.25) is 4.79 Å². The molecular formula is C15H22N2O4S. The smallest absolute Gasteiger partial charge is 0.253 e. The Balaban J connectivity index is 2.03. The van der Waals surface area contributed by atoms with Gasteiger partial charge in [0.1, 0.15) is 0 Å². The van der Waals surface area contributed by atoms with Crippen molar-refractivity contribution in [1.29, 1.82) is 0 Å². The first-order valence-electron chi connectivity index (χ1n) is 7.35. The van der Waals surface area contributed by atoms with Crippen molar-refractivity contribution < 1.29 is 18.3 Å². The standard InChI is InChI=1S/C15H22N2O4S/c1-11(18)9-10-17(2)15(19)12-3-7-14(8-4-12)22(20,21)16-13-5-6-13/h3-4,7-8,11,13,16,18H,5-6,9-10H2,1-2H3. The van der Waals surface area contributed by atoms with Crippen molar-refractivity contribution in [2.45, 2.75) is 43.2 Å². The van der Waals surface area contributed by atoms with Crippen LogP contribution < -0.4 is 4.72 Å². The maximum atomic E-state index is 12.2. The van der Waals surface area contributed by atoms with E-state index in [0.717, 1.165) is 12.8 Å². The van der Waals surface area contributed by atoms with Crippen LogP contribution in [0.15, 0.2) is 29.2 Å². The minimum Gasteiger partial charge on any atom is -0.393 e. The predicted molar refractivity (Wildman–Crippen MR) is 83.0 cm³/mol. The fourth-order valence-electron chi connectivity index (χ4n) is 1.97. The molecule has 0 bridgehead atoms. The third-order valence-corrected chi connectivity index (χ3v) is 5.08. The molecule has 1 aromatic carbocycles. The molecule has 1 unspecified atom stereocenters. The molecule has 2 rings (SSSR count). The zero-order chi connectivity index (χ0) is 16.3. The third-order valence-electron chi connectivity index (χ3n) is 3.54. The molecule has 0 heterocycles. The Morgan fingerprint density at radius 2 is 1.95 bits per heavy atom. The Morgan fingerprint density at radius 3 is 2.45 bits per heavy atom. The highest BCUT2D eigenvalue weighted by Crippen LogP contribution is 2.22. The van der Waals surface area contributed by atoms with Crippen LogP contribution in [-0.4, -0.2) is 50.1 Å². The van der Waals surface area contributed by atoms with Gasteiger partial charge in [0.05, 0.1) is 11.0 Å². The molecule has 1 aliphatic carbocycles. The molecule has 0 radical (unpaired) electrons. The summed E-state index contributed by atoms with van der Waals surface area (Å²) >= 11 is 0. The third kappa shape index (κ3) is 4.53. The minimum absolute atomic E-state index is 0.0536. The number of carbonyl (C=O) groups is 1. The van der Waals surface area contributed by atoms with Gasteiger partial charge in [-0.1, -0.05) is 0 Å².